The van der Waals surface area contributed by atoms with E-state index in [9.17, 15) is 4.79 Å². The molecule has 5 aromatic rings. The first-order valence-electron chi connectivity index (χ1n) is 13.6. The molecule has 0 saturated carbocycles. The zero-order valence-electron chi connectivity index (χ0n) is 23.6. The highest BCUT2D eigenvalue weighted by molar-refractivity contribution is 6.02. The Hall–Kier alpha value is -4.31. The summed E-state index contributed by atoms with van der Waals surface area (Å²) in [6, 6.07) is 5.86. The Kier molecular flexibility index (Phi) is 6.71. The summed E-state index contributed by atoms with van der Waals surface area (Å²) in [6.07, 6.45) is 7.01. The van der Waals surface area contributed by atoms with Gasteiger partial charge in [0.2, 0.25) is 0 Å². The molecule has 5 aromatic heterocycles. The van der Waals surface area contributed by atoms with Gasteiger partial charge in [0.05, 0.1) is 54.5 Å². The van der Waals surface area contributed by atoms with Crippen LogP contribution in [0.3, 0.4) is 0 Å². The Morgan fingerprint density at radius 3 is 2.65 bits per heavy atom. The van der Waals surface area contributed by atoms with Crippen molar-refractivity contribution < 1.29 is 14.3 Å². The molecule has 0 aliphatic carbocycles. The van der Waals surface area contributed by atoms with Gasteiger partial charge in [0.15, 0.2) is 5.82 Å². The van der Waals surface area contributed by atoms with Crippen LogP contribution in [0.1, 0.15) is 40.8 Å². The molecule has 1 aliphatic heterocycles. The molecule has 206 valence electrons. The van der Waals surface area contributed by atoms with Crippen molar-refractivity contribution in [2.24, 2.45) is 7.05 Å². The summed E-state index contributed by atoms with van der Waals surface area (Å²) in [5.74, 6) is 1.44. The third-order valence-corrected chi connectivity index (χ3v) is 7.73. The first kappa shape index (κ1) is 25.9. The minimum absolute atomic E-state index is 0.0322. The fourth-order valence-electron chi connectivity index (χ4n) is 5.73. The molecule has 0 aromatic carbocycles. The Labute approximate surface area is 232 Å². The van der Waals surface area contributed by atoms with Crippen LogP contribution in [0.4, 0.5) is 0 Å². The number of ether oxygens (including phenoxy) is 2. The Balaban J connectivity index is 1.54. The summed E-state index contributed by atoms with van der Waals surface area (Å²) in [5, 5.41) is 6.73. The Bertz CT molecular complexity index is 1750. The maximum Gasteiger partial charge on any atom is 0.270 e. The van der Waals surface area contributed by atoms with E-state index in [2.05, 4.69) is 11.9 Å². The van der Waals surface area contributed by atoms with Crippen LogP contribution in [-0.4, -0.2) is 73.5 Å². The number of pyridine rings is 3. The van der Waals surface area contributed by atoms with Gasteiger partial charge in [-0.05, 0) is 38.0 Å². The van der Waals surface area contributed by atoms with Crippen molar-refractivity contribution in [3.63, 3.8) is 0 Å². The zero-order chi connectivity index (χ0) is 28.0. The van der Waals surface area contributed by atoms with E-state index in [1.165, 1.54) is 0 Å². The van der Waals surface area contributed by atoms with Gasteiger partial charge in [-0.15, -0.1) is 0 Å². The number of rotatable bonds is 6. The molecule has 6 heterocycles. The second-order valence-electron chi connectivity index (χ2n) is 10.2. The average molecular weight is 540 g/mol. The Morgan fingerprint density at radius 2 is 1.90 bits per heavy atom. The number of morpholine rings is 1. The number of aryl methyl sites for hydroxylation is 4. The summed E-state index contributed by atoms with van der Waals surface area (Å²) >= 11 is 0. The largest absolute Gasteiger partial charge is 0.496 e. The van der Waals surface area contributed by atoms with Crippen molar-refractivity contribution in [1.29, 1.82) is 0 Å². The molecule has 0 spiro atoms. The summed E-state index contributed by atoms with van der Waals surface area (Å²) < 4.78 is 14.9. The molecule has 1 amide bonds. The van der Waals surface area contributed by atoms with Gasteiger partial charge in [0.25, 0.3) is 5.91 Å². The number of amides is 1. The van der Waals surface area contributed by atoms with Crippen molar-refractivity contribution in [1.82, 2.24) is 34.2 Å². The Morgan fingerprint density at radius 1 is 1.10 bits per heavy atom. The van der Waals surface area contributed by atoms with Gasteiger partial charge in [-0.25, -0.2) is 9.67 Å². The van der Waals surface area contributed by atoms with Crippen LogP contribution < -0.4 is 4.74 Å². The summed E-state index contributed by atoms with van der Waals surface area (Å²) in [6.45, 7) is 8.48. The van der Waals surface area contributed by atoms with Crippen molar-refractivity contribution in [3.05, 3.63) is 59.4 Å². The first-order valence-corrected chi connectivity index (χ1v) is 13.6. The van der Waals surface area contributed by atoms with Crippen molar-refractivity contribution in [3.8, 4) is 22.8 Å². The van der Waals surface area contributed by atoms with E-state index in [0.29, 0.717) is 43.6 Å². The normalized spacial score (nSPS) is 13.9. The highest BCUT2D eigenvalue weighted by Gasteiger charge is 2.27. The van der Waals surface area contributed by atoms with E-state index in [1.807, 2.05) is 59.4 Å². The molecule has 10 heteroatoms. The van der Waals surface area contributed by atoms with Crippen LogP contribution in [-0.2, 0) is 18.2 Å². The van der Waals surface area contributed by atoms with Crippen LogP contribution in [0.15, 0.2) is 36.8 Å². The molecular formula is C30H33N7O3. The zero-order valence-corrected chi connectivity index (χ0v) is 23.6. The monoisotopic (exact) mass is 539 g/mol. The molecule has 1 fully saturated rings. The lowest BCUT2D eigenvalue weighted by atomic mass is 10.1. The fourth-order valence-corrected chi connectivity index (χ4v) is 5.73. The molecule has 0 radical (unpaired) electrons. The summed E-state index contributed by atoms with van der Waals surface area (Å²) in [5.41, 5.74) is 6.89. The quantitative estimate of drug-likeness (QED) is 0.315. The third-order valence-electron chi connectivity index (χ3n) is 7.73. The first-order chi connectivity index (χ1) is 19.4. The highest BCUT2D eigenvalue weighted by atomic mass is 16.5. The molecule has 1 aliphatic rings. The number of methoxy groups -OCH3 is 1. The molecule has 0 atom stereocenters. The molecule has 6 rings (SSSR count). The van der Waals surface area contributed by atoms with E-state index in [0.717, 1.165) is 62.9 Å². The molecule has 1 saturated heterocycles. The molecule has 0 bridgehead atoms. The molecular weight excluding hydrogens is 506 g/mol. The number of hydrogen-bond donors (Lipinski definition) is 0. The number of aromatic nitrogens is 6. The lowest BCUT2D eigenvalue weighted by Gasteiger charge is -2.27. The average Bonchev–Trinajstić information content (AvgIpc) is 3.52. The van der Waals surface area contributed by atoms with E-state index in [-0.39, 0.29) is 5.91 Å². The minimum Gasteiger partial charge on any atom is -0.496 e. The molecule has 10 nitrogen and oxygen atoms in total. The van der Waals surface area contributed by atoms with Crippen LogP contribution in [0.25, 0.3) is 38.9 Å². The van der Waals surface area contributed by atoms with Crippen molar-refractivity contribution in [2.75, 3.05) is 33.4 Å². The number of hydrogen-bond acceptors (Lipinski definition) is 7. The minimum atomic E-state index is 0.0322. The highest BCUT2D eigenvalue weighted by Crippen LogP contribution is 2.34. The maximum absolute atomic E-state index is 13.6. The van der Waals surface area contributed by atoms with Gasteiger partial charge < -0.3 is 18.9 Å². The standard InChI is InChI=1S/C30H33N7O3/c1-6-7-22-28-18(2)29(30(38)36-10-12-40-13-11-36)35(4)25(28)15-27(34-22)37-24-14-23(33-19(3)20(24)17-32-37)21-16-31-9-8-26(21)39-5/h8-9,14-17H,6-7,10-13H2,1-5H3. The van der Waals surface area contributed by atoms with Gasteiger partial charge in [-0.1, -0.05) is 13.3 Å². The van der Waals surface area contributed by atoms with E-state index < -0.39 is 0 Å². The van der Waals surface area contributed by atoms with E-state index in [1.54, 1.807) is 19.5 Å². The predicted octanol–water partition coefficient (Wildman–Crippen LogP) is 4.42. The van der Waals surface area contributed by atoms with Gasteiger partial charge >= 0.3 is 0 Å². The van der Waals surface area contributed by atoms with Crippen LogP contribution in [0, 0.1) is 13.8 Å². The lowest BCUT2D eigenvalue weighted by molar-refractivity contribution is 0.0296. The number of carbonyl (C=O) groups excluding carboxylic acids is 1. The second kappa shape index (κ2) is 10.3. The third kappa shape index (κ3) is 4.19. The van der Waals surface area contributed by atoms with E-state index >= 15 is 0 Å². The molecule has 0 N–H and O–H groups in total. The SMILES string of the molecule is CCCc1nc(-n2ncc3c(C)nc(-c4cnccc4OC)cc32)cc2c1c(C)c(C(=O)N1CCOCC1)n2C. The van der Waals surface area contributed by atoms with Crippen molar-refractivity contribution >= 4 is 27.7 Å². The van der Waals surface area contributed by atoms with Gasteiger partial charge in [0.1, 0.15) is 11.4 Å². The second-order valence-corrected chi connectivity index (χ2v) is 10.2. The number of fused-ring (bicyclic) bond motifs is 2. The lowest BCUT2D eigenvalue weighted by Crippen LogP contribution is -2.41. The fraction of sp³-hybridized carbons (Fsp3) is 0.367. The summed E-state index contributed by atoms with van der Waals surface area (Å²) in [7, 11) is 3.60. The topological polar surface area (TPSA) is 100 Å². The van der Waals surface area contributed by atoms with E-state index in [4.69, 9.17) is 24.5 Å². The van der Waals surface area contributed by atoms with Crippen LogP contribution in [0.2, 0.25) is 0 Å². The maximum atomic E-state index is 13.6. The van der Waals surface area contributed by atoms with Crippen LogP contribution >= 0.6 is 0 Å². The van der Waals surface area contributed by atoms with Gasteiger partial charge in [0, 0.05) is 55.1 Å². The molecule has 40 heavy (non-hydrogen) atoms. The summed E-state index contributed by atoms with van der Waals surface area (Å²) in [4.78, 5) is 29.7. The van der Waals surface area contributed by atoms with Crippen LogP contribution in [0.5, 0.6) is 5.75 Å². The van der Waals surface area contributed by atoms with Crippen molar-refractivity contribution in [2.45, 2.75) is 33.6 Å². The number of carbonyl (C=O) groups is 1. The molecule has 0 unspecified atom stereocenters. The van der Waals surface area contributed by atoms with Gasteiger partial charge in [-0.3, -0.25) is 14.8 Å². The predicted molar refractivity (Wildman–Crippen MR) is 153 cm³/mol. The van der Waals surface area contributed by atoms with Gasteiger partial charge in [-0.2, -0.15) is 5.10 Å². The number of nitrogens with zero attached hydrogens (tertiary/aromatic N) is 7. The smallest absolute Gasteiger partial charge is 0.270 e.